The van der Waals surface area contributed by atoms with E-state index >= 15 is 0 Å². The van der Waals surface area contributed by atoms with Gasteiger partial charge in [-0.1, -0.05) is 19.9 Å². The molecule has 30 heavy (non-hydrogen) atoms. The molecule has 1 rings (SSSR count). The molecule has 0 amide bonds. The van der Waals surface area contributed by atoms with Gasteiger partial charge in [-0.05, 0) is 55.7 Å². The van der Waals surface area contributed by atoms with Crippen molar-refractivity contribution in [1.82, 2.24) is 10.6 Å². The number of hydrogen-bond donors (Lipinski definition) is 3. The third kappa shape index (κ3) is 11.7. The van der Waals surface area contributed by atoms with Crippen molar-refractivity contribution >= 4 is 29.9 Å². The van der Waals surface area contributed by atoms with E-state index in [9.17, 15) is 13.9 Å². The molecule has 0 aliphatic carbocycles. The highest BCUT2D eigenvalue weighted by atomic mass is 127. The largest absolute Gasteiger partial charge is 0.493 e. The van der Waals surface area contributed by atoms with Crippen molar-refractivity contribution in [2.45, 2.75) is 46.6 Å². The minimum Gasteiger partial charge on any atom is -0.493 e. The maximum absolute atomic E-state index is 12.6. The number of rotatable bonds is 13. The lowest BCUT2D eigenvalue weighted by molar-refractivity contribution is -0.0512. The molecule has 0 fully saturated rings. The summed E-state index contributed by atoms with van der Waals surface area (Å²) in [6, 6.07) is 5.01. The maximum atomic E-state index is 12.6. The zero-order valence-corrected chi connectivity index (χ0v) is 20.6. The van der Waals surface area contributed by atoms with Crippen LogP contribution in [0.1, 0.15) is 39.2 Å². The Morgan fingerprint density at radius 3 is 2.50 bits per heavy atom. The van der Waals surface area contributed by atoms with Gasteiger partial charge < -0.3 is 25.2 Å². The molecule has 0 aliphatic heterocycles. The van der Waals surface area contributed by atoms with Crippen LogP contribution in [-0.2, 0) is 6.42 Å². The lowest BCUT2D eigenvalue weighted by atomic mass is 9.94. The van der Waals surface area contributed by atoms with E-state index < -0.39 is 6.61 Å². The van der Waals surface area contributed by atoms with Gasteiger partial charge in [0.05, 0.1) is 7.11 Å². The summed E-state index contributed by atoms with van der Waals surface area (Å²) in [5.41, 5.74) is 0.850. The first-order chi connectivity index (χ1) is 13.9. The van der Waals surface area contributed by atoms with E-state index in [0.29, 0.717) is 37.3 Å². The summed E-state index contributed by atoms with van der Waals surface area (Å²) in [4.78, 5) is 4.64. The number of hydrogen-bond acceptors (Lipinski definition) is 4. The van der Waals surface area contributed by atoms with Crippen molar-refractivity contribution in [3.63, 3.8) is 0 Å². The molecule has 0 heterocycles. The van der Waals surface area contributed by atoms with Crippen molar-refractivity contribution in [3.05, 3.63) is 23.8 Å². The smallest absolute Gasteiger partial charge is 0.387 e. The van der Waals surface area contributed by atoms with Crippen LogP contribution < -0.4 is 20.1 Å². The zero-order chi connectivity index (χ0) is 21.6. The molecular formula is C21H36F2IN3O3. The summed E-state index contributed by atoms with van der Waals surface area (Å²) in [7, 11) is 1.41. The van der Waals surface area contributed by atoms with Gasteiger partial charge in [-0.15, -0.1) is 24.0 Å². The number of alkyl halides is 2. The summed E-state index contributed by atoms with van der Waals surface area (Å²) in [5.74, 6) is 1.90. The Hall–Kier alpha value is -1.36. The highest BCUT2D eigenvalue weighted by Crippen LogP contribution is 2.29. The lowest BCUT2D eigenvalue weighted by Crippen LogP contribution is -2.38. The predicted molar refractivity (Wildman–Crippen MR) is 127 cm³/mol. The Labute approximate surface area is 195 Å². The summed E-state index contributed by atoms with van der Waals surface area (Å²) in [5, 5.41) is 15.7. The number of nitrogens with zero attached hydrogens (tertiary/aromatic N) is 1. The predicted octanol–water partition coefficient (Wildman–Crippen LogP) is 4.06. The molecule has 3 N–H and O–H groups in total. The fourth-order valence-corrected chi connectivity index (χ4v) is 3.08. The van der Waals surface area contributed by atoms with Crippen LogP contribution >= 0.6 is 24.0 Å². The minimum atomic E-state index is -2.90. The molecule has 0 aromatic heterocycles. The number of aliphatic hydroxyl groups excluding tert-OH is 1. The second-order valence-corrected chi connectivity index (χ2v) is 7.27. The normalized spacial score (nSPS) is 12.5. The summed E-state index contributed by atoms with van der Waals surface area (Å²) < 4.78 is 34.7. The number of ether oxygens (including phenoxy) is 2. The van der Waals surface area contributed by atoms with Crippen molar-refractivity contribution in [2.75, 3.05) is 33.4 Å². The number of aliphatic hydroxyl groups is 1. The van der Waals surface area contributed by atoms with E-state index in [4.69, 9.17) is 4.74 Å². The number of aliphatic imine (C=N–C) groups is 1. The van der Waals surface area contributed by atoms with E-state index in [-0.39, 0.29) is 42.1 Å². The van der Waals surface area contributed by atoms with Crippen LogP contribution in [0.2, 0.25) is 0 Å². The first-order valence-electron chi connectivity index (χ1n) is 10.1. The van der Waals surface area contributed by atoms with E-state index in [1.807, 2.05) is 13.0 Å². The van der Waals surface area contributed by atoms with E-state index in [1.54, 1.807) is 12.1 Å². The van der Waals surface area contributed by atoms with Gasteiger partial charge in [0, 0.05) is 26.2 Å². The first-order valence-corrected chi connectivity index (χ1v) is 10.1. The maximum Gasteiger partial charge on any atom is 0.387 e. The highest BCUT2D eigenvalue weighted by Gasteiger charge is 2.12. The zero-order valence-electron chi connectivity index (χ0n) is 18.3. The highest BCUT2D eigenvalue weighted by molar-refractivity contribution is 14.0. The molecule has 6 nitrogen and oxygen atoms in total. The summed E-state index contributed by atoms with van der Waals surface area (Å²) in [6.07, 6.45) is 2.36. The number of guanidine groups is 1. The van der Waals surface area contributed by atoms with Crippen LogP contribution in [0.25, 0.3) is 0 Å². The molecule has 0 spiro atoms. The lowest BCUT2D eigenvalue weighted by Gasteiger charge is -2.17. The average molecular weight is 543 g/mol. The van der Waals surface area contributed by atoms with Gasteiger partial charge in [0.15, 0.2) is 17.5 Å². The Kier molecular flexibility index (Phi) is 15.6. The number of nitrogens with one attached hydrogen (secondary N) is 2. The molecule has 0 saturated heterocycles. The Morgan fingerprint density at radius 1 is 1.20 bits per heavy atom. The Bertz CT molecular complexity index is 619. The molecule has 0 aliphatic rings. The van der Waals surface area contributed by atoms with Crippen LogP contribution in [0.4, 0.5) is 8.78 Å². The fraction of sp³-hybridized carbons (Fsp3) is 0.667. The monoisotopic (exact) mass is 543 g/mol. The van der Waals surface area contributed by atoms with Crippen molar-refractivity contribution < 1.29 is 23.4 Å². The van der Waals surface area contributed by atoms with E-state index in [1.165, 1.54) is 7.11 Å². The van der Waals surface area contributed by atoms with Crippen LogP contribution in [0, 0.1) is 11.8 Å². The standard InChI is InChI=1S/C21H35F2N3O3.HI/c1-5-24-21(26-14-17(9-11-27)12-15(2)3)25-10-8-16-6-7-18(28-4)19(13-16)29-20(22)23;/h6-7,13,15,17,20,27H,5,8-12,14H2,1-4H3,(H2,24,25,26);1H. The first kappa shape index (κ1) is 28.6. The van der Waals surface area contributed by atoms with Crippen LogP contribution in [0.15, 0.2) is 23.2 Å². The summed E-state index contributed by atoms with van der Waals surface area (Å²) in [6.45, 7) is 5.55. The number of benzene rings is 1. The third-order valence-corrected chi connectivity index (χ3v) is 4.34. The second kappa shape index (κ2) is 16.3. The molecule has 1 atom stereocenters. The Morgan fingerprint density at radius 2 is 1.93 bits per heavy atom. The average Bonchev–Trinajstić information content (AvgIpc) is 2.65. The van der Waals surface area contributed by atoms with Gasteiger partial charge in [-0.25, -0.2) is 0 Å². The number of methoxy groups -OCH3 is 1. The topological polar surface area (TPSA) is 75.1 Å². The SMILES string of the molecule is CCNC(=NCC(CCO)CC(C)C)NCCc1ccc(OC)c(OC(F)F)c1.I. The minimum absolute atomic E-state index is 0. The van der Waals surface area contributed by atoms with Crippen molar-refractivity contribution in [2.24, 2.45) is 16.8 Å². The third-order valence-electron chi connectivity index (χ3n) is 4.34. The van der Waals surface area contributed by atoms with Crippen molar-refractivity contribution in [1.29, 1.82) is 0 Å². The quantitative estimate of drug-likeness (QED) is 0.199. The molecule has 1 aromatic carbocycles. The fourth-order valence-electron chi connectivity index (χ4n) is 3.08. The van der Waals surface area contributed by atoms with Gasteiger partial charge in [0.2, 0.25) is 0 Å². The molecule has 0 saturated carbocycles. The molecule has 174 valence electrons. The molecule has 0 bridgehead atoms. The van der Waals surface area contributed by atoms with Gasteiger partial charge in [-0.3, -0.25) is 4.99 Å². The Balaban J connectivity index is 0.00000841. The van der Waals surface area contributed by atoms with Gasteiger partial charge in [0.1, 0.15) is 0 Å². The molecule has 1 aromatic rings. The van der Waals surface area contributed by atoms with Crippen LogP contribution in [0.5, 0.6) is 11.5 Å². The van der Waals surface area contributed by atoms with Gasteiger partial charge in [0.25, 0.3) is 0 Å². The summed E-state index contributed by atoms with van der Waals surface area (Å²) >= 11 is 0. The van der Waals surface area contributed by atoms with E-state index in [0.717, 1.165) is 24.9 Å². The molecule has 1 unspecified atom stereocenters. The van der Waals surface area contributed by atoms with Crippen LogP contribution in [-0.4, -0.2) is 51.0 Å². The molecular weight excluding hydrogens is 507 g/mol. The molecule has 0 radical (unpaired) electrons. The van der Waals surface area contributed by atoms with E-state index in [2.05, 4.69) is 34.2 Å². The van der Waals surface area contributed by atoms with Gasteiger partial charge in [-0.2, -0.15) is 8.78 Å². The number of halogens is 3. The van der Waals surface area contributed by atoms with Crippen molar-refractivity contribution in [3.8, 4) is 11.5 Å². The molecule has 9 heteroatoms. The van der Waals surface area contributed by atoms with Gasteiger partial charge >= 0.3 is 6.61 Å². The second-order valence-electron chi connectivity index (χ2n) is 7.27. The van der Waals surface area contributed by atoms with Crippen LogP contribution in [0.3, 0.4) is 0 Å².